The molecule has 0 radical (unpaired) electrons. The first-order chi connectivity index (χ1) is 10.8. The summed E-state index contributed by atoms with van der Waals surface area (Å²) in [6.45, 7) is 17.9. The number of hydrogen-bond acceptors (Lipinski definition) is 1. The van der Waals surface area contributed by atoms with E-state index < -0.39 is 0 Å². The highest BCUT2D eigenvalue weighted by Crippen LogP contribution is 2.30. The molecular formula is C22H47N. The van der Waals surface area contributed by atoms with Gasteiger partial charge in [0.1, 0.15) is 0 Å². The second kappa shape index (κ2) is 12.3. The predicted molar refractivity (Wildman–Crippen MR) is 107 cm³/mol. The molecule has 0 atom stereocenters. The molecule has 1 nitrogen and oxygen atoms in total. The Morgan fingerprint density at radius 2 is 0.870 bits per heavy atom. The molecule has 0 aliphatic carbocycles. The topological polar surface area (TPSA) is 3.24 Å². The molecule has 0 aliphatic rings. The molecule has 0 N–H and O–H groups in total. The van der Waals surface area contributed by atoms with Crippen LogP contribution in [0.4, 0.5) is 0 Å². The van der Waals surface area contributed by atoms with E-state index in [4.69, 9.17) is 0 Å². The Hall–Kier alpha value is -0.0400. The van der Waals surface area contributed by atoms with Crippen LogP contribution < -0.4 is 0 Å². The van der Waals surface area contributed by atoms with Crippen molar-refractivity contribution >= 4 is 0 Å². The van der Waals surface area contributed by atoms with Crippen LogP contribution in [0, 0.1) is 0 Å². The van der Waals surface area contributed by atoms with Gasteiger partial charge in [0.05, 0.1) is 0 Å². The minimum atomic E-state index is 0.318. The van der Waals surface area contributed by atoms with E-state index >= 15 is 0 Å². The third-order valence-electron chi connectivity index (χ3n) is 5.93. The summed E-state index contributed by atoms with van der Waals surface area (Å²) in [5.74, 6) is 0. The maximum atomic E-state index is 2.77. The molecule has 0 spiro atoms. The number of nitrogens with zero attached hydrogens (tertiary/aromatic N) is 1. The van der Waals surface area contributed by atoms with E-state index in [0.29, 0.717) is 11.1 Å². The van der Waals surface area contributed by atoms with Gasteiger partial charge in [-0.15, -0.1) is 0 Å². The third kappa shape index (κ3) is 9.75. The molecule has 0 aromatic rings. The Balaban J connectivity index is 3.93. The Kier molecular flexibility index (Phi) is 12.3. The molecule has 1 heteroatoms. The van der Waals surface area contributed by atoms with Crippen molar-refractivity contribution in [1.82, 2.24) is 4.90 Å². The van der Waals surface area contributed by atoms with E-state index in [9.17, 15) is 0 Å². The van der Waals surface area contributed by atoms with Gasteiger partial charge < -0.3 is 0 Å². The lowest BCUT2D eigenvalue weighted by atomic mass is 9.88. The summed E-state index contributed by atoms with van der Waals surface area (Å²) in [7, 11) is 0. The second-order valence-corrected chi connectivity index (χ2v) is 8.67. The van der Waals surface area contributed by atoms with E-state index in [1.54, 1.807) is 0 Å². The van der Waals surface area contributed by atoms with E-state index in [-0.39, 0.29) is 0 Å². The summed E-state index contributed by atoms with van der Waals surface area (Å²) in [6.07, 6.45) is 16.7. The Bertz CT molecular complexity index is 251. The maximum absolute atomic E-state index is 2.77. The number of unbranched alkanes of at least 4 members (excludes halogenated alkanes) is 9. The van der Waals surface area contributed by atoms with E-state index in [0.717, 1.165) is 0 Å². The summed E-state index contributed by atoms with van der Waals surface area (Å²) >= 11 is 0. The van der Waals surface area contributed by atoms with E-state index in [2.05, 4.69) is 53.4 Å². The van der Waals surface area contributed by atoms with Gasteiger partial charge in [-0.3, -0.25) is 4.90 Å². The van der Waals surface area contributed by atoms with Gasteiger partial charge in [-0.1, -0.05) is 78.6 Å². The highest BCUT2D eigenvalue weighted by atomic mass is 15.2. The molecule has 0 rings (SSSR count). The first-order valence-corrected chi connectivity index (χ1v) is 10.6. The van der Waals surface area contributed by atoms with Crippen LogP contribution in [0.25, 0.3) is 0 Å². The smallest absolute Gasteiger partial charge is 0.0155 e. The van der Waals surface area contributed by atoms with Crippen LogP contribution in [0.1, 0.15) is 126 Å². The summed E-state index contributed by atoms with van der Waals surface area (Å²) in [5, 5.41) is 0. The predicted octanol–water partition coefficient (Wildman–Crippen LogP) is 7.59. The molecule has 23 heavy (non-hydrogen) atoms. The van der Waals surface area contributed by atoms with Crippen LogP contribution in [0.15, 0.2) is 0 Å². The van der Waals surface area contributed by atoms with Crippen molar-refractivity contribution in [3.8, 4) is 0 Å². The molecule has 0 heterocycles. The average molecular weight is 326 g/mol. The van der Waals surface area contributed by atoms with Gasteiger partial charge in [0.15, 0.2) is 0 Å². The standard InChI is InChI=1S/C22H47N/c1-8-11-12-13-14-15-16-17-18-19-20-23(21(4,5)9-2)22(6,7)10-3/h8-20H2,1-7H3. The zero-order chi connectivity index (χ0) is 17.8. The lowest BCUT2D eigenvalue weighted by molar-refractivity contribution is 0.00963. The quantitative estimate of drug-likeness (QED) is 0.280. The lowest BCUT2D eigenvalue weighted by Crippen LogP contribution is -2.55. The number of hydrogen-bond donors (Lipinski definition) is 0. The molecule has 0 saturated heterocycles. The monoisotopic (exact) mass is 325 g/mol. The Morgan fingerprint density at radius 3 is 1.22 bits per heavy atom. The highest BCUT2D eigenvalue weighted by molar-refractivity contribution is 4.90. The van der Waals surface area contributed by atoms with E-state index in [1.807, 2.05) is 0 Å². The van der Waals surface area contributed by atoms with Crippen LogP contribution in [0.2, 0.25) is 0 Å². The third-order valence-corrected chi connectivity index (χ3v) is 5.93. The van der Waals surface area contributed by atoms with Gasteiger partial charge >= 0.3 is 0 Å². The molecule has 0 unspecified atom stereocenters. The van der Waals surface area contributed by atoms with Crippen LogP contribution in [0.5, 0.6) is 0 Å². The normalized spacial score (nSPS) is 13.0. The van der Waals surface area contributed by atoms with Crippen molar-refractivity contribution in [2.75, 3.05) is 6.54 Å². The fraction of sp³-hybridized carbons (Fsp3) is 1.00. The molecule has 0 aromatic heterocycles. The molecule has 0 aromatic carbocycles. The van der Waals surface area contributed by atoms with Gasteiger partial charge in [-0.2, -0.15) is 0 Å². The summed E-state index contributed by atoms with van der Waals surface area (Å²) in [4.78, 5) is 2.77. The van der Waals surface area contributed by atoms with Crippen molar-refractivity contribution < 1.29 is 0 Å². The minimum Gasteiger partial charge on any atom is -0.293 e. The molecular weight excluding hydrogens is 278 g/mol. The van der Waals surface area contributed by atoms with Crippen molar-refractivity contribution in [3.63, 3.8) is 0 Å². The van der Waals surface area contributed by atoms with Gasteiger partial charge in [0, 0.05) is 11.1 Å². The van der Waals surface area contributed by atoms with Gasteiger partial charge in [-0.05, 0) is 53.5 Å². The van der Waals surface area contributed by atoms with Gasteiger partial charge in [0.25, 0.3) is 0 Å². The van der Waals surface area contributed by atoms with Gasteiger partial charge in [-0.25, -0.2) is 0 Å². The first kappa shape index (κ1) is 23.0. The SMILES string of the molecule is CCCCCCCCCCCCN(C(C)(C)CC)C(C)(C)CC. The molecule has 0 aliphatic heterocycles. The number of rotatable bonds is 15. The lowest BCUT2D eigenvalue weighted by Gasteiger charge is -2.48. The molecule has 0 bridgehead atoms. The average Bonchev–Trinajstić information content (AvgIpc) is 2.52. The summed E-state index contributed by atoms with van der Waals surface area (Å²) in [6, 6.07) is 0. The van der Waals surface area contributed by atoms with Crippen molar-refractivity contribution in [2.45, 2.75) is 137 Å². The summed E-state index contributed by atoms with van der Waals surface area (Å²) < 4.78 is 0. The molecule has 0 saturated carbocycles. The largest absolute Gasteiger partial charge is 0.293 e. The molecule has 0 fully saturated rings. The highest BCUT2D eigenvalue weighted by Gasteiger charge is 2.34. The van der Waals surface area contributed by atoms with Crippen LogP contribution in [-0.2, 0) is 0 Å². The fourth-order valence-corrected chi connectivity index (χ4v) is 3.56. The Morgan fingerprint density at radius 1 is 0.522 bits per heavy atom. The zero-order valence-electron chi connectivity index (χ0n) is 17.6. The second-order valence-electron chi connectivity index (χ2n) is 8.67. The zero-order valence-corrected chi connectivity index (χ0v) is 17.6. The molecule has 0 amide bonds. The van der Waals surface area contributed by atoms with Crippen molar-refractivity contribution in [3.05, 3.63) is 0 Å². The van der Waals surface area contributed by atoms with Gasteiger partial charge in [0.2, 0.25) is 0 Å². The maximum Gasteiger partial charge on any atom is 0.0155 e. The van der Waals surface area contributed by atoms with Crippen LogP contribution >= 0.6 is 0 Å². The van der Waals surface area contributed by atoms with Crippen molar-refractivity contribution in [1.29, 1.82) is 0 Å². The van der Waals surface area contributed by atoms with E-state index in [1.165, 1.54) is 83.6 Å². The van der Waals surface area contributed by atoms with Crippen LogP contribution in [-0.4, -0.2) is 22.5 Å². The minimum absolute atomic E-state index is 0.318. The van der Waals surface area contributed by atoms with Crippen molar-refractivity contribution in [2.24, 2.45) is 0 Å². The molecule has 140 valence electrons. The summed E-state index contributed by atoms with van der Waals surface area (Å²) in [5.41, 5.74) is 0.636. The Labute approximate surface area is 148 Å². The van der Waals surface area contributed by atoms with Crippen LogP contribution in [0.3, 0.4) is 0 Å². The fourth-order valence-electron chi connectivity index (χ4n) is 3.56. The first-order valence-electron chi connectivity index (χ1n) is 10.6.